The van der Waals surface area contributed by atoms with Crippen LogP contribution in [0.1, 0.15) is 89.5 Å². The third-order valence-electron chi connectivity index (χ3n) is 11.8. The lowest BCUT2D eigenvalue weighted by Crippen LogP contribution is -2.43. The van der Waals surface area contributed by atoms with E-state index in [-0.39, 0.29) is 0 Å². The molecule has 0 heterocycles. The SMILES string of the molecule is CCC1=C(C)C(C)=CC2C3C=C(C)C(C)=C(C)C3C(C(C)(C)C3C(C)C(C)C(C)C3C)C12. The van der Waals surface area contributed by atoms with E-state index in [0.29, 0.717) is 29.1 Å². The van der Waals surface area contributed by atoms with Crippen LogP contribution in [0.5, 0.6) is 0 Å². The van der Waals surface area contributed by atoms with Gasteiger partial charge in [0.25, 0.3) is 0 Å². The van der Waals surface area contributed by atoms with E-state index in [2.05, 4.69) is 95.2 Å². The van der Waals surface area contributed by atoms with Gasteiger partial charge in [-0.2, -0.15) is 0 Å². The lowest BCUT2D eigenvalue weighted by Gasteiger charge is -2.49. The van der Waals surface area contributed by atoms with Gasteiger partial charge >= 0.3 is 0 Å². The molecule has 4 rings (SSSR count). The summed E-state index contributed by atoms with van der Waals surface area (Å²) in [6.45, 7) is 30.0. The first-order valence-electron chi connectivity index (χ1n) is 13.6. The van der Waals surface area contributed by atoms with Crippen LogP contribution in [0.15, 0.2) is 45.6 Å². The van der Waals surface area contributed by atoms with Crippen LogP contribution in [0.2, 0.25) is 0 Å². The van der Waals surface area contributed by atoms with Gasteiger partial charge in [0, 0.05) is 0 Å². The van der Waals surface area contributed by atoms with Crippen LogP contribution in [0.25, 0.3) is 0 Å². The van der Waals surface area contributed by atoms with Crippen LogP contribution >= 0.6 is 0 Å². The maximum absolute atomic E-state index is 2.69. The molecule has 0 aromatic heterocycles. The fourth-order valence-electron chi connectivity index (χ4n) is 9.60. The maximum atomic E-state index is 2.69. The van der Waals surface area contributed by atoms with Crippen LogP contribution in [0, 0.1) is 64.6 Å². The van der Waals surface area contributed by atoms with Crippen molar-refractivity contribution in [3.8, 4) is 0 Å². The molecule has 0 amide bonds. The second kappa shape index (κ2) is 8.02. The average molecular weight is 435 g/mol. The molecule has 9 atom stereocenters. The van der Waals surface area contributed by atoms with E-state index in [4.69, 9.17) is 0 Å². The maximum Gasteiger partial charge on any atom is -0.00890 e. The first-order chi connectivity index (χ1) is 14.9. The highest BCUT2D eigenvalue weighted by atomic mass is 14.6. The second-order valence-corrected chi connectivity index (χ2v) is 13.0. The minimum Gasteiger partial charge on any atom is -0.0770 e. The van der Waals surface area contributed by atoms with Crippen molar-refractivity contribution in [2.75, 3.05) is 0 Å². The summed E-state index contributed by atoms with van der Waals surface area (Å²) in [6.07, 6.45) is 6.58. The van der Waals surface area contributed by atoms with Crippen LogP contribution in [0.4, 0.5) is 0 Å². The van der Waals surface area contributed by atoms with E-state index in [1.165, 1.54) is 12.0 Å². The molecule has 0 N–H and O–H groups in total. The third-order valence-corrected chi connectivity index (χ3v) is 11.8. The molecule has 0 saturated heterocycles. The van der Waals surface area contributed by atoms with Gasteiger partial charge in [-0.25, -0.2) is 0 Å². The van der Waals surface area contributed by atoms with Gasteiger partial charge in [0.05, 0.1) is 0 Å². The van der Waals surface area contributed by atoms with Crippen LogP contribution in [-0.4, -0.2) is 0 Å². The Morgan fingerprint density at radius 2 is 1.12 bits per heavy atom. The minimum absolute atomic E-state index is 0.320. The number of fused-ring (bicyclic) bond motifs is 3. The number of rotatable bonds is 3. The molecule has 0 spiro atoms. The number of allylic oxidation sites excluding steroid dienone is 8. The number of hydrogen-bond acceptors (Lipinski definition) is 0. The molecular weight excluding hydrogens is 384 g/mol. The van der Waals surface area contributed by atoms with Crippen molar-refractivity contribution >= 4 is 0 Å². The predicted octanol–water partition coefficient (Wildman–Crippen LogP) is 9.26. The highest BCUT2D eigenvalue weighted by molar-refractivity contribution is 5.47. The predicted molar refractivity (Wildman–Crippen MR) is 140 cm³/mol. The molecule has 2 saturated carbocycles. The van der Waals surface area contributed by atoms with Crippen molar-refractivity contribution in [1.82, 2.24) is 0 Å². The Kier molecular flexibility index (Phi) is 6.04. The quantitative estimate of drug-likeness (QED) is 0.415. The Morgan fingerprint density at radius 1 is 0.656 bits per heavy atom. The van der Waals surface area contributed by atoms with E-state index in [9.17, 15) is 0 Å². The average Bonchev–Trinajstić information content (AvgIpc) is 3.15. The molecule has 0 nitrogen and oxygen atoms in total. The van der Waals surface area contributed by atoms with E-state index in [0.717, 1.165) is 35.5 Å². The lowest BCUT2D eigenvalue weighted by molar-refractivity contribution is 0.0207. The summed E-state index contributed by atoms with van der Waals surface area (Å²) in [4.78, 5) is 0. The van der Waals surface area contributed by atoms with Crippen LogP contribution in [0.3, 0.4) is 0 Å². The summed E-state index contributed by atoms with van der Waals surface area (Å²) in [5.41, 5.74) is 10.0. The largest absolute Gasteiger partial charge is 0.0770 e. The molecule has 0 bridgehead atoms. The third kappa shape index (κ3) is 3.14. The molecule has 0 heteroatoms. The Bertz CT molecular complexity index is 888. The van der Waals surface area contributed by atoms with Gasteiger partial charge < -0.3 is 0 Å². The molecule has 4 aliphatic rings. The normalized spacial score (nSPS) is 44.5. The van der Waals surface area contributed by atoms with Crippen molar-refractivity contribution in [3.63, 3.8) is 0 Å². The summed E-state index contributed by atoms with van der Waals surface area (Å²) < 4.78 is 0. The Balaban J connectivity index is 1.91. The fraction of sp³-hybridized carbons (Fsp3) is 0.750. The van der Waals surface area contributed by atoms with E-state index >= 15 is 0 Å². The van der Waals surface area contributed by atoms with Crippen molar-refractivity contribution in [1.29, 1.82) is 0 Å². The zero-order valence-corrected chi connectivity index (χ0v) is 23.1. The van der Waals surface area contributed by atoms with E-state index in [1.807, 2.05) is 0 Å². The van der Waals surface area contributed by atoms with Gasteiger partial charge in [-0.05, 0) is 117 Å². The van der Waals surface area contributed by atoms with Crippen molar-refractivity contribution in [3.05, 3.63) is 45.6 Å². The molecule has 2 fully saturated rings. The summed E-state index contributed by atoms with van der Waals surface area (Å²) in [6, 6.07) is 0. The minimum atomic E-state index is 0.320. The van der Waals surface area contributed by atoms with Gasteiger partial charge in [-0.3, -0.25) is 0 Å². The molecule has 0 radical (unpaired) electrons. The highest BCUT2D eigenvalue weighted by Gasteiger charge is 2.61. The topological polar surface area (TPSA) is 0 Å². The molecule has 0 aliphatic heterocycles. The van der Waals surface area contributed by atoms with Gasteiger partial charge in [-0.15, -0.1) is 0 Å². The highest BCUT2D eigenvalue weighted by Crippen LogP contribution is 2.67. The number of hydrogen-bond donors (Lipinski definition) is 0. The Hall–Kier alpha value is -1.04. The monoisotopic (exact) mass is 434 g/mol. The fourth-order valence-corrected chi connectivity index (χ4v) is 9.60. The summed E-state index contributed by atoms with van der Waals surface area (Å²) in [7, 11) is 0. The Labute approximate surface area is 199 Å². The molecule has 32 heavy (non-hydrogen) atoms. The standard InChI is InChI=1S/C32H50/c1-13-25-19(5)17(3)15-27-26-14-16(2)18(4)22(8)28(26)31(29(25)27)32(11,12)30-23(9)20(6)21(7)24(30)10/h14-15,20-21,23-24,26-31H,13H2,1-12H3. The Morgan fingerprint density at radius 3 is 1.62 bits per heavy atom. The van der Waals surface area contributed by atoms with Crippen LogP contribution < -0.4 is 0 Å². The van der Waals surface area contributed by atoms with Crippen molar-refractivity contribution in [2.45, 2.75) is 89.5 Å². The first-order valence-corrected chi connectivity index (χ1v) is 13.6. The smallest absolute Gasteiger partial charge is 0.00890 e. The molecule has 0 aromatic carbocycles. The molecule has 4 aliphatic carbocycles. The van der Waals surface area contributed by atoms with Gasteiger partial charge in [0.2, 0.25) is 0 Å². The molecule has 9 unspecified atom stereocenters. The van der Waals surface area contributed by atoms with Gasteiger partial charge in [-0.1, -0.05) is 82.9 Å². The lowest BCUT2D eigenvalue weighted by atomic mass is 9.55. The zero-order valence-electron chi connectivity index (χ0n) is 23.1. The van der Waals surface area contributed by atoms with Crippen molar-refractivity contribution in [2.24, 2.45) is 64.6 Å². The van der Waals surface area contributed by atoms with Gasteiger partial charge in [0.15, 0.2) is 0 Å². The zero-order chi connectivity index (χ0) is 23.9. The van der Waals surface area contributed by atoms with Crippen LogP contribution in [-0.2, 0) is 0 Å². The summed E-state index contributed by atoms with van der Waals surface area (Å²) in [5.74, 6) is 7.48. The van der Waals surface area contributed by atoms with Gasteiger partial charge in [0.1, 0.15) is 0 Å². The molecule has 0 aromatic rings. The second-order valence-electron chi connectivity index (χ2n) is 13.0. The molecule has 178 valence electrons. The molecular formula is C32H50. The van der Waals surface area contributed by atoms with E-state index in [1.54, 1.807) is 27.9 Å². The van der Waals surface area contributed by atoms with E-state index < -0.39 is 0 Å². The summed E-state index contributed by atoms with van der Waals surface area (Å²) >= 11 is 0. The summed E-state index contributed by atoms with van der Waals surface area (Å²) in [5, 5.41) is 0. The first kappa shape index (κ1) is 24.1. The van der Waals surface area contributed by atoms with Crippen molar-refractivity contribution < 1.29 is 0 Å².